The molecule has 0 aromatic carbocycles. The zero-order valence-corrected chi connectivity index (χ0v) is 9.35. The van der Waals surface area contributed by atoms with Crippen molar-refractivity contribution in [3.05, 3.63) is 23.8 Å². The molecule has 3 aliphatic rings. The van der Waals surface area contributed by atoms with Gasteiger partial charge in [-0.05, 0) is 37.5 Å². The van der Waals surface area contributed by atoms with Crippen molar-refractivity contribution in [2.24, 2.45) is 17.8 Å². The Morgan fingerprint density at radius 1 is 1.31 bits per heavy atom. The van der Waals surface area contributed by atoms with Crippen molar-refractivity contribution in [1.29, 1.82) is 0 Å². The van der Waals surface area contributed by atoms with E-state index in [1.165, 1.54) is 17.4 Å². The monoisotopic (exact) mass is 217 g/mol. The van der Waals surface area contributed by atoms with Crippen LogP contribution >= 0.6 is 0 Å². The van der Waals surface area contributed by atoms with Crippen LogP contribution in [0, 0.1) is 17.8 Å². The smallest absolute Gasteiger partial charge is 0.256 e. The average molecular weight is 217 g/mol. The summed E-state index contributed by atoms with van der Waals surface area (Å²) in [6, 6.07) is 0. The number of hydrogen-bond donors (Lipinski definition) is 0. The van der Waals surface area contributed by atoms with Crippen LogP contribution in [-0.2, 0) is 9.59 Å². The van der Waals surface area contributed by atoms with Gasteiger partial charge in [0.2, 0.25) is 0 Å². The van der Waals surface area contributed by atoms with E-state index in [0.29, 0.717) is 29.9 Å². The molecule has 0 aromatic heterocycles. The van der Waals surface area contributed by atoms with Crippen LogP contribution in [0.5, 0.6) is 0 Å². The first kappa shape index (κ1) is 9.82. The summed E-state index contributed by atoms with van der Waals surface area (Å²) in [6.07, 6.45) is 8.33. The van der Waals surface area contributed by atoms with Gasteiger partial charge in [-0.25, -0.2) is 0 Å². The highest BCUT2D eigenvalue weighted by Gasteiger charge is 2.39. The second-order valence-corrected chi connectivity index (χ2v) is 5.12. The Morgan fingerprint density at radius 2 is 2.12 bits per heavy atom. The van der Waals surface area contributed by atoms with E-state index in [2.05, 4.69) is 12.2 Å². The second kappa shape index (κ2) is 3.30. The Kier molecular flexibility index (Phi) is 2.03. The fourth-order valence-electron chi connectivity index (χ4n) is 3.15. The molecule has 2 amide bonds. The lowest BCUT2D eigenvalue weighted by molar-refractivity contribution is -0.138. The lowest BCUT2D eigenvalue weighted by Crippen LogP contribution is -2.36. The molecule has 2 aliphatic carbocycles. The lowest BCUT2D eigenvalue weighted by Gasteiger charge is -2.23. The molecular formula is C13H15NO2. The van der Waals surface area contributed by atoms with E-state index in [9.17, 15) is 9.59 Å². The molecule has 0 N–H and O–H groups in total. The Bertz CT molecular complexity index is 422. The zero-order chi connectivity index (χ0) is 11.3. The van der Waals surface area contributed by atoms with Crippen molar-refractivity contribution in [3.63, 3.8) is 0 Å². The molecule has 16 heavy (non-hydrogen) atoms. The SMILES string of the molecule is CC1=CC(=O)N(CC2CC3C=CC2C3)C1=O. The fraction of sp³-hybridized carbons (Fsp3) is 0.538. The van der Waals surface area contributed by atoms with Crippen LogP contribution < -0.4 is 0 Å². The van der Waals surface area contributed by atoms with E-state index in [4.69, 9.17) is 0 Å². The number of rotatable bonds is 2. The molecule has 3 atom stereocenters. The highest BCUT2D eigenvalue weighted by atomic mass is 16.2. The van der Waals surface area contributed by atoms with E-state index in [1.54, 1.807) is 6.92 Å². The summed E-state index contributed by atoms with van der Waals surface area (Å²) in [4.78, 5) is 24.7. The van der Waals surface area contributed by atoms with Gasteiger partial charge in [0, 0.05) is 18.2 Å². The van der Waals surface area contributed by atoms with Gasteiger partial charge in [0.25, 0.3) is 11.8 Å². The van der Waals surface area contributed by atoms with E-state index in [1.807, 2.05) is 0 Å². The van der Waals surface area contributed by atoms with Gasteiger partial charge < -0.3 is 0 Å². The van der Waals surface area contributed by atoms with Gasteiger partial charge in [-0.1, -0.05) is 12.2 Å². The molecule has 3 rings (SSSR count). The first-order valence-corrected chi connectivity index (χ1v) is 5.87. The van der Waals surface area contributed by atoms with Gasteiger partial charge in [-0.2, -0.15) is 0 Å². The van der Waals surface area contributed by atoms with Crippen molar-refractivity contribution >= 4 is 11.8 Å². The minimum atomic E-state index is -0.130. The quantitative estimate of drug-likeness (QED) is 0.519. The summed E-state index contributed by atoms with van der Waals surface area (Å²) in [7, 11) is 0. The maximum absolute atomic E-state index is 11.7. The number of nitrogens with zero attached hydrogens (tertiary/aromatic N) is 1. The van der Waals surface area contributed by atoms with Crippen LogP contribution in [0.25, 0.3) is 0 Å². The van der Waals surface area contributed by atoms with E-state index < -0.39 is 0 Å². The van der Waals surface area contributed by atoms with Crippen LogP contribution in [0.15, 0.2) is 23.8 Å². The minimum Gasteiger partial charge on any atom is -0.275 e. The van der Waals surface area contributed by atoms with Gasteiger partial charge in [0.05, 0.1) is 0 Å². The van der Waals surface area contributed by atoms with Crippen LogP contribution in [-0.4, -0.2) is 23.3 Å². The van der Waals surface area contributed by atoms with Gasteiger partial charge in [-0.3, -0.25) is 14.5 Å². The highest BCUT2D eigenvalue weighted by molar-refractivity contribution is 6.15. The van der Waals surface area contributed by atoms with Crippen molar-refractivity contribution in [3.8, 4) is 0 Å². The molecule has 1 aliphatic heterocycles. The van der Waals surface area contributed by atoms with E-state index in [-0.39, 0.29) is 11.8 Å². The molecule has 2 bridgehead atoms. The predicted molar refractivity (Wildman–Crippen MR) is 59.3 cm³/mol. The van der Waals surface area contributed by atoms with Crippen LogP contribution in [0.2, 0.25) is 0 Å². The molecule has 0 aromatic rings. The van der Waals surface area contributed by atoms with Crippen molar-refractivity contribution in [1.82, 2.24) is 4.90 Å². The summed E-state index contributed by atoms with van der Waals surface area (Å²) >= 11 is 0. The largest absolute Gasteiger partial charge is 0.275 e. The molecule has 0 radical (unpaired) electrons. The Balaban J connectivity index is 1.71. The first-order valence-electron chi connectivity index (χ1n) is 5.87. The molecule has 3 unspecified atom stereocenters. The summed E-state index contributed by atoms with van der Waals surface area (Å²) < 4.78 is 0. The summed E-state index contributed by atoms with van der Waals surface area (Å²) in [5.74, 6) is 1.54. The maximum Gasteiger partial charge on any atom is 0.256 e. The molecule has 1 heterocycles. The number of amides is 2. The van der Waals surface area contributed by atoms with Crippen molar-refractivity contribution < 1.29 is 9.59 Å². The Hall–Kier alpha value is -1.38. The second-order valence-electron chi connectivity index (χ2n) is 5.12. The normalized spacial score (nSPS) is 36.4. The summed E-state index contributed by atoms with van der Waals surface area (Å²) in [5.41, 5.74) is 0.573. The fourth-order valence-corrected chi connectivity index (χ4v) is 3.15. The van der Waals surface area contributed by atoms with Crippen molar-refractivity contribution in [2.75, 3.05) is 6.54 Å². The summed E-state index contributed by atoms with van der Waals surface area (Å²) in [5, 5.41) is 0. The third kappa shape index (κ3) is 1.34. The number of carbonyl (C=O) groups is 2. The standard InChI is InChI=1S/C13H15NO2/c1-8-4-12(15)14(13(8)16)7-11-6-9-2-3-10(11)5-9/h2-4,9-11H,5-7H2,1H3. The molecule has 0 saturated heterocycles. The Labute approximate surface area is 94.8 Å². The van der Waals surface area contributed by atoms with Crippen molar-refractivity contribution in [2.45, 2.75) is 19.8 Å². The lowest BCUT2D eigenvalue weighted by atomic mass is 9.93. The molecule has 1 fully saturated rings. The zero-order valence-electron chi connectivity index (χ0n) is 9.35. The molecule has 1 saturated carbocycles. The predicted octanol–water partition coefficient (Wildman–Crippen LogP) is 1.51. The molecule has 84 valence electrons. The third-order valence-electron chi connectivity index (χ3n) is 4.02. The van der Waals surface area contributed by atoms with Gasteiger partial charge in [0.1, 0.15) is 0 Å². The van der Waals surface area contributed by atoms with Gasteiger partial charge >= 0.3 is 0 Å². The number of carbonyl (C=O) groups excluding carboxylic acids is 2. The molecule has 3 heteroatoms. The minimum absolute atomic E-state index is 0.100. The molecule has 0 spiro atoms. The first-order chi connectivity index (χ1) is 7.65. The van der Waals surface area contributed by atoms with E-state index in [0.717, 1.165) is 6.42 Å². The topological polar surface area (TPSA) is 37.4 Å². The highest BCUT2D eigenvalue weighted by Crippen LogP contribution is 2.43. The van der Waals surface area contributed by atoms with Crippen LogP contribution in [0.3, 0.4) is 0 Å². The summed E-state index contributed by atoms with van der Waals surface area (Å²) in [6.45, 7) is 2.32. The number of hydrogen-bond acceptors (Lipinski definition) is 2. The third-order valence-corrected chi connectivity index (χ3v) is 4.02. The van der Waals surface area contributed by atoms with Gasteiger partial charge in [0.15, 0.2) is 0 Å². The molecule has 3 nitrogen and oxygen atoms in total. The Morgan fingerprint density at radius 3 is 2.62 bits per heavy atom. The number of fused-ring (bicyclic) bond motifs is 2. The van der Waals surface area contributed by atoms with E-state index >= 15 is 0 Å². The maximum atomic E-state index is 11.7. The molecular weight excluding hydrogens is 202 g/mol. The number of imide groups is 1. The van der Waals surface area contributed by atoms with Crippen LogP contribution in [0.1, 0.15) is 19.8 Å². The average Bonchev–Trinajstić information content (AvgIpc) is 2.90. The van der Waals surface area contributed by atoms with Crippen LogP contribution in [0.4, 0.5) is 0 Å². The van der Waals surface area contributed by atoms with Gasteiger partial charge in [-0.15, -0.1) is 0 Å². The number of allylic oxidation sites excluding steroid dienone is 2.